The molecule has 0 radical (unpaired) electrons. The van der Waals surface area contributed by atoms with Gasteiger partial charge in [0, 0.05) is 12.1 Å². The molecule has 250 valence electrons. The lowest BCUT2D eigenvalue weighted by Gasteiger charge is -2.35. The molecule has 2 atom stereocenters. The molecule has 1 saturated heterocycles. The molecule has 0 bridgehead atoms. The van der Waals surface area contributed by atoms with Gasteiger partial charge in [-0.25, -0.2) is 14.0 Å². The van der Waals surface area contributed by atoms with Crippen LogP contribution in [0, 0.1) is 18.2 Å². The molecule has 1 aliphatic heterocycles. The SMILES string of the molecule is Cc1cc([C@H]2OC(=O)N(CC3=C(c4ccc(F)c(-c5ccc(C(=O)O)cc5C(F)(F)F)c4)CCC(C)(C)C3)[C@H]2C)cc(C(F)(F)F)c1. The minimum Gasteiger partial charge on any atom is -0.478 e. The number of carbonyl (C=O) groups excluding carboxylic acids is 1. The lowest BCUT2D eigenvalue weighted by Crippen LogP contribution is -2.35. The first-order valence-electron chi connectivity index (χ1n) is 14.9. The van der Waals surface area contributed by atoms with E-state index in [4.69, 9.17) is 4.74 Å². The zero-order chi connectivity index (χ0) is 34.6. The largest absolute Gasteiger partial charge is 0.478 e. The third kappa shape index (κ3) is 7.01. The maximum absolute atomic E-state index is 15.2. The molecule has 2 aliphatic rings. The smallest absolute Gasteiger partial charge is 0.417 e. The maximum atomic E-state index is 15.2. The number of benzene rings is 3. The quantitative estimate of drug-likeness (QED) is 0.267. The van der Waals surface area contributed by atoms with Crippen molar-refractivity contribution in [1.29, 1.82) is 0 Å². The van der Waals surface area contributed by atoms with E-state index < -0.39 is 64.6 Å². The van der Waals surface area contributed by atoms with Gasteiger partial charge < -0.3 is 9.84 Å². The van der Waals surface area contributed by atoms with Crippen LogP contribution >= 0.6 is 0 Å². The van der Waals surface area contributed by atoms with Crippen LogP contribution in [0.5, 0.6) is 0 Å². The van der Waals surface area contributed by atoms with E-state index in [9.17, 15) is 41.0 Å². The van der Waals surface area contributed by atoms with Crippen LogP contribution in [-0.4, -0.2) is 34.7 Å². The van der Waals surface area contributed by atoms with E-state index in [2.05, 4.69) is 0 Å². The summed E-state index contributed by atoms with van der Waals surface area (Å²) in [5.41, 5.74) is -1.37. The Labute approximate surface area is 266 Å². The Bertz CT molecular complexity index is 1770. The van der Waals surface area contributed by atoms with Gasteiger partial charge in [0.25, 0.3) is 0 Å². The Balaban J connectivity index is 1.55. The normalized spacial score (nSPS) is 20.1. The number of carboxylic acid groups (broad SMARTS) is 1. The van der Waals surface area contributed by atoms with Crippen molar-refractivity contribution in [2.24, 2.45) is 5.41 Å². The minimum absolute atomic E-state index is 0.0427. The van der Waals surface area contributed by atoms with Crippen LogP contribution in [0.4, 0.5) is 35.5 Å². The fraction of sp³-hybridized carbons (Fsp3) is 0.371. The summed E-state index contributed by atoms with van der Waals surface area (Å²) >= 11 is 0. The predicted octanol–water partition coefficient (Wildman–Crippen LogP) is 10.1. The molecule has 5 nitrogen and oxygen atoms in total. The first kappa shape index (κ1) is 34.0. The van der Waals surface area contributed by atoms with E-state index in [-0.39, 0.29) is 23.1 Å². The van der Waals surface area contributed by atoms with Gasteiger partial charge in [0.05, 0.1) is 22.7 Å². The molecule has 1 aliphatic carbocycles. The first-order chi connectivity index (χ1) is 21.7. The van der Waals surface area contributed by atoms with Gasteiger partial charge in [-0.1, -0.05) is 37.6 Å². The molecule has 0 unspecified atom stereocenters. The lowest BCUT2D eigenvalue weighted by molar-refractivity contribution is -0.138. The van der Waals surface area contributed by atoms with Crippen LogP contribution in [0.15, 0.2) is 60.2 Å². The highest BCUT2D eigenvalue weighted by Crippen LogP contribution is 2.46. The molecule has 0 spiro atoms. The van der Waals surface area contributed by atoms with E-state index in [1.165, 1.54) is 24.0 Å². The van der Waals surface area contributed by atoms with Crippen molar-refractivity contribution < 1.29 is 50.2 Å². The number of hydrogen-bond acceptors (Lipinski definition) is 3. The third-order valence-electron chi connectivity index (χ3n) is 8.86. The molecule has 1 N–H and O–H groups in total. The number of rotatable bonds is 6. The van der Waals surface area contributed by atoms with Crippen molar-refractivity contribution in [3.8, 4) is 11.1 Å². The van der Waals surface area contributed by atoms with E-state index in [0.29, 0.717) is 42.0 Å². The molecule has 1 heterocycles. The van der Waals surface area contributed by atoms with Crippen molar-refractivity contribution in [3.63, 3.8) is 0 Å². The lowest BCUT2D eigenvalue weighted by atomic mass is 9.72. The summed E-state index contributed by atoms with van der Waals surface area (Å²) in [5.74, 6) is -2.49. The van der Waals surface area contributed by atoms with Gasteiger partial charge in [-0.3, -0.25) is 4.90 Å². The Morgan fingerprint density at radius 3 is 2.32 bits per heavy atom. The summed E-state index contributed by atoms with van der Waals surface area (Å²) in [7, 11) is 0. The number of cyclic esters (lactones) is 1. The average molecular weight is 664 g/mol. The Kier molecular flexibility index (Phi) is 8.70. The highest BCUT2D eigenvalue weighted by Gasteiger charge is 2.42. The number of nitrogens with zero attached hydrogens (tertiary/aromatic N) is 1. The number of hydrogen-bond donors (Lipinski definition) is 1. The van der Waals surface area contributed by atoms with Crippen LogP contribution in [0.3, 0.4) is 0 Å². The van der Waals surface area contributed by atoms with Gasteiger partial charge in [0.15, 0.2) is 0 Å². The second-order valence-corrected chi connectivity index (χ2v) is 13.0. The first-order valence-corrected chi connectivity index (χ1v) is 14.9. The Morgan fingerprint density at radius 2 is 1.68 bits per heavy atom. The summed E-state index contributed by atoms with van der Waals surface area (Å²) < 4.78 is 104. The second-order valence-electron chi connectivity index (χ2n) is 13.0. The molecule has 5 rings (SSSR count). The van der Waals surface area contributed by atoms with Crippen molar-refractivity contribution >= 4 is 17.6 Å². The molecule has 3 aromatic carbocycles. The van der Waals surface area contributed by atoms with Gasteiger partial charge in [-0.05, 0) is 103 Å². The van der Waals surface area contributed by atoms with Gasteiger partial charge in [-0.2, -0.15) is 26.3 Å². The maximum Gasteiger partial charge on any atom is 0.417 e. The van der Waals surface area contributed by atoms with Gasteiger partial charge in [0.2, 0.25) is 0 Å². The number of ether oxygens (including phenoxy) is 1. The summed E-state index contributed by atoms with van der Waals surface area (Å²) in [4.78, 5) is 26.0. The minimum atomic E-state index is -4.97. The van der Waals surface area contributed by atoms with Crippen molar-refractivity contribution in [3.05, 3.63) is 99.4 Å². The number of carbonyl (C=O) groups is 2. The number of halogens is 7. The summed E-state index contributed by atoms with van der Waals surface area (Å²) in [6, 6.07) is 9.06. The molecular formula is C35H32F7NO4. The average Bonchev–Trinajstić information content (AvgIpc) is 3.24. The summed E-state index contributed by atoms with van der Waals surface area (Å²) in [6.45, 7) is 7.29. The van der Waals surface area contributed by atoms with Crippen LogP contribution < -0.4 is 0 Å². The van der Waals surface area contributed by atoms with Gasteiger partial charge in [-0.15, -0.1) is 0 Å². The fourth-order valence-corrected chi connectivity index (χ4v) is 6.48. The molecule has 1 fully saturated rings. The summed E-state index contributed by atoms with van der Waals surface area (Å²) in [5, 5.41) is 9.24. The van der Waals surface area contributed by atoms with Crippen LogP contribution in [0.1, 0.15) is 84.3 Å². The monoisotopic (exact) mass is 663 g/mol. The third-order valence-corrected chi connectivity index (χ3v) is 8.86. The van der Waals surface area contributed by atoms with E-state index in [0.717, 1.165) is 35.9 Å². The molecule has 47 heavy (non-hydrogen) atoms. The Hall–Kier alpha value is -4.35. The Morgan fingerprint density at radius 1 is 0.979 bits per heavy atom. The van der Waals surface area contributed by atoms with Crippen molar-refractivity contribution in [2.45, 2.75) is 71.5 Å². The number of allylic oxidation sites excluding steroid dienone is 1. The highest BCUT2D eigenvalue weighted by atomic mass is 19.4. The van der Waals surface area contributed by atoms with Crippen molar-refractivity contribution in [2.75, 3.05) is 6.54 Å². The molecule has 0 saturated carbocycles. The number of aryl methyl sites for hydroxylation is 1. The highest BCUT2D eigenvalue weighted by molar-refractivity contribution is 5.89. The van der Waals surface area contributed by atoms with E-state index >= 15 is 4.39 Å². The molecule has 12 heteroatoms. The van der Waals surface area contributed by atoms with Crippen LogP contribution in [0.25, 0.3) is 16.7 Å². The molecule has 3 aromatic rings. The fourth-order valence-electron chi connectivity index (χ4n) is 6.48. The van der Waals surface area contributed by atoms with Crippen LogP contribution in [-0.2, 0) is 17.1 Å². The number of amides is 1. The standard InChI is InChI=1S/C35H32F7NO4/c1-18-11-22(13-24(12-18)34(37,38)39)30-19(2)43(32(46)47-30)17-23-16-33(3,4)10-9-25(23)20-6-8-29(36)27(14-20)26-7-5-21(31(44)45)15-28(26)35(40,41)42/h5-8,11-15,19,30H,9-10,16-17H2,1-4H3,(H,44,45)/t19-,30-/m0/s1. The van der Waals surface area contributed by atoms with E-state index in [1.807, 2.05) is 13.8 Å². The molecule has 0 aromatic heterocycles. The number of carboxylic acids is 1. The molecular weight excluding hydrogens is 631 g/mol. The van der Waals surface area contributed by atoms with E-state index in [1.54, 1.807) is 13.0 Å². The van der Waals surface area contributed by atoms with Gasteiger partial charge in [0.1, 0.15) is 11.9 Å². The van der Waals surface area contributed by atoms with Crippen LogP contribution in [0.2, 0.25) is 0 Å². The zero-order valence-electron chi connectivity index (χ0n) is 25.9. The molecule has 1 amide bonds. The predicted molar refractivity (Wildman–Crippen MR) is 160 cm³/mol. The second kappa shape index (κ2) is 12.0. The van der Waals surface area contributed by atoms with Crippen molar-refractivity contribution in [1.82, 2.24) is 4.90 Å². The number of aromatic carboxylic acids is 1. The van der Waals surface area contributed by atoms with Gasteiger partial charge >= 0.3 is 24.4 Å². The number of alkyl halides is 6. The zero-order valence-corrected chi connectivity index (χ0v) is 25.9. The summed E-state index contributed by atoms with van der Waals surface area (Å²) in [6.07, 6.45) is -9.62. The topological polar surface area (TPSA) is 66.8 Å².